The largest absolute Gasteiger partial charge is 0.491 e. The van der Waals surface area contributed by atoms with E-state index in [1.807, 2.05) is 32.0 Å². The second-order valence-corrected chi connectivity index (χ2v) is 5.14. The second kappa shape index (κ2) is 5.45. The van der Waals surface area contributed by atoms with E-state index in [1.54, 1.807) is 0 Å². The lowest BCUT2D eigenvalue weighted by atomic mass is 9.92. The molecule has 2 aromatic carbocycles. The van der Waals surface area contributed by atoms with Crippen molar-refractivity contribution in [1.29, 1.82) is 0 Å². The lowest BCUT2D eigenvalue weighted by Gasteiger charge is -2.18. The van der Waals surface area contributed by atoms with Gasteiger partial charge in [0.1, 0.15) is 5.75 Å². The van der Waals surface area contributed by atoms with E-state index in [2.05, 4.69) is 19.9 Å². The molecule has 3 nitrogen and oxygen atoms in total. The van der Waals surface area contributed by atoms with Crippen molar-refractivity contribution in [3.8, 4) is 16.9 Å². The van der Waals surface area contributed by atoms with E-state index in [1.165, 1.54) is 5.56 Å². The highest BCUT2D eigenvalue weighted by molar-refractivity contribution is 5.85. The summed E-state index contributed by atoms with van der Waals surface area (Å²) in [4.78, 5) is 0. The van der Waals surface area contributed by atoms with Crippen LogP contribution in [-0.4, -0.2) is 6.61 Å². The standard InChI is InChI=1S/C17H22N2O/c1-5-20-17-12(4)16(11(3)9-15(17)19)13-8-10(2)6-7-14(13)18/h6-9H,5,18-19H2,1-4H3. The highest BCUT2D eigenvalue weighted by atomic mass is 16.5. The van der Waals surface area contributed by atoms with Gasteiger partial charge in [-0.05, 0) is 57.0 Å². The van der Waals surface area contributed by atoms with Crippen molar-refractivity contribution in [2.45, 2.75) is 27.7 Å². The first-order valence-corrected chi connectivity index (χ1v) is 6.84. The first-order chi connectivity index (χ1) is 9.45. The van der Waals surface area contributed by atoms with Crippen molar-refractivity contribution in [1.82, 2.24) is 0 Å². The van der Waals surface area contributed by atoms with E-state index in [9.17, 15) is 0 Å². The molecule has 0 aliphatic rings. The fourth-order valence-electron chi connectivity index (χ4n) is 2.63. The molecule has 106 valence electrons. The van der Waals surface area contributed by atoms with Gasteiger partial charge in [-0.15, -0.1) is 0 Å². The third kappa shape index (κ3) is 2.44. The van der Waals surface area contributed by atoms with Crippen LogP contribution in [0, 0.1) is 20.8 Å². The maximum absolute atomic E-state index is 6.15. The van der Waals surface area contributed by atoms with Gasteiger partial charge in [-0.3, -0.25) is 0 Å². The fourth-order valence-corrected chi connectivity index (χ4v) is 2.63. The molecule has 2 rings (SSSR count). The maximum Gasteiger partial charge on any atom is 0.145 e. The number of ether oxygens (including phenoxy) is 1. The Morgan fingerprint density at radius 2 is 1.70 bits per heavy atom. The minimum atomic E-state index is 0.594. The SMILES string of the molecule is CCOc1c(N)cc(C)c(-c2cc(C)ccc2N)c1C. The Morgan fingerprint density at radius 3 is 2.35 bits per heavy atom. The van der Waals surface area contributed by atoms with Crippen LogP contribution < -0.4 is 16.2 Å². The zero-order valence-corrected chi connectivity index (χ0v) is 12.6. The quantitative estimate of drug-likeness (QED) is 0.833. The van der Waals surface area contributed by atoms with Gasteiger partial charge in [0.25, 0.3) is 0 Å². The Kier molecular flexibility index (Phi) is 3.89. The average Bonchev–Trinajstić information content (AvgIpc) is 2.38. The van der Waals surface area contributed by atoms with Crippen LogP contribution in [0.1, 0.15) is 23.6 Å². The Bertz CT molecular complexity index is 648. The van der Waals surface area contributed by atoms with Crippen molar-refractivity contribution in [3.05, 3.63) is 41.0 Å². The molecule has 0 spiro atoms. The second-order valence-electron chi connectivity index (χ2n) is 5.14. The molecule has 0 saturated heterocycles. The molecule has 0 aliphatic carbocycles. The summed E-state index contributed by atoms with van der Waals surface area (Å²) in [6.45, 7) is 8.70. The van der Waals surface area contributed by atoms with Crippen LogP contribution in [0.4, 0.5) is 11.4 Å². The molecule has 0 aromatic heterocycles. The average molecular weight is 270 g/mol. The topological polar surface area (TPSA) is 61.3 Å². The molecule has 0 amide bonds. The molecule has 0 aliphatic heterocycles. The van der Waals surface area contributed by atoms with Gasteiger partial charge in [0.2, 0.25) is 0 Å². The van der Waals surface area contributed by atoms with Gasteiger partial charge >= 0.3 is 0 Å². The lowest BCUT2D eigenvalue weighted by Crippen LogP contribution is -2.03. The molecule has 0 fully saturated rings. The number of anilines is 2. The lowest BCUT2D eigenvalue weighted by molar-refractivity contribution is 0.340. The van der Waals surface area contributed by atoms with E-state index in [0.717, 1.165) is 33.7 Å². The highest BCUT2D eigenvalue weighted by Gasteiger charge is 2.16. The predicted octanol–water partition coefficient (Wildman–Crippen LogP) is 3.84. The monoisotopic (exact) mass is 270 g/mol. The van der Waals surface area contributed by atoms with Crippen molar-refractivity contribution in [2.75, 3.05) is 18.1 Å². The summed E-state index contributed by atoms with van der Waals surface area (Å²) in [6, 6.07) is 8.02. The summed E-state index contributed by atoms with van der Waals surface area (Å²) in [5.74, 6) is 0.758. The van der Waals surface area contributed by atoms with E-state index in [-0.39, 0.29) is 0 Å². The smallest absolute Gasteiger partial charge is 0.145 e. The number of benzene rings is 2. The van der Waals surface area contributed by atoms with E-state index >= 15 is 0 Å². The van der Waals surface area contributed by atoms with Crippen molar-refractivity contribution < 1.29 is 4.74 Å². The molecule has 0 radical (unpaired) electrons. The van der Waals surface area contributed by atoms with E-state index < -0.39 is 0 Å². The number of rotatable bonds is 3. The van der Waals surface area contributed by atoms with Crippen LogP contribution in [0.2, 0.25) is 0 Å². The summed E-state index contributed by atoms with van der Waals surface area (Å²) in [5, 5.41) is 0. The summed E-state index contributed by atoms with van der Waals surface area (Å²) < 4.78 is 5.69. The van der Waals surface area contributed by atoms with Crippen LogP contribution in [-0.2, 0) is 0 Å². The summed E-state index contributed by atoms with van der Waals surface area (Å²) >= 11 is 0. The third-order valence-corrected chi connectivity index (χ3v) is 3.51. The molecule has 4 N–H and O–H groups in total. The zero-order chi connectivity index (χ0) is 14.9. The zero-order valence-electron chi connectivity index (χ0n) is 12.6. The summed E-state index contributed by atoms with van der Waals surface area (Å²) in [6.07, 6.45) is 0. The van der Waals surface area contributed by atoms with Gasteiger partial charge in [0.15, 0.2) is 0 Å². The minimum Gasteiger partial charge on any atom is -0.491 e. The van der Waals surface area contributed by atoms with Gasteiger partial charge in [0, 0.05) is 16.8 Å². The van der Waals surface area contributed by atoms with Gasteiger partial charge < -0.3 is 16.2 Å². The molecular formula is C17H22N2O. The molecule has 20 heavy (non-hydrogen) atoms. The van der Waals surface area contributed by atoms with Gasteiger partial charge in [-0.25, -0.2) is 0 Å². The van der Waals surface area contributed by atoms with Crippen LogP contribution >= 0.6 is 0 Å². The molecule has 2 aromatic rings. The van der Waals surface area contributed by atoms with Crippen molar-refractivity contribution in [2.24, 2.45) is 0 Å². The Labute approximate surface area is 120 Å². The summed E-state index contributed by atoms with van der Waals surface area (Å²) in [7, 11) is 0. The van der Waals surface area contributed by atoms with Crippen molar-refractivity contribution in [3.63, 3.8) is 0 Å². The van der Waals surface area contributed by atoms with E-state index in [0.29, 0.717) is 12.3 Å². The first kappa shape index (κ1) is 14.3. The molecule has 3 heteroatoms. The van der Waals surface area contributed by atoms with Crippen LogP contribution in [0.5, 0.6) is 5.75 Å². The molecule has 0 unspecified atom stereocenters. The number of hydrogen-bond donors (Lipinski definition) is 2. The number of hydrogen-bond acceptors (Lipinski definition) is 3. The molecular weight excluding hydrogens is 248 g/mol. The minimum absolute atomic E-state index is 0.594. The number of aryl methyl sites for hydroxylation is 2. The number of nitrogens with two attached hydrogens (primary N) is 2. The Hall–Kier alpha value is -2.16. The molecule has 0 atom stereocenters. The van der Waals surface area contributed by atoms with Crippen LogP contribution in [0.15, 0.2) is 24.3 Å². The highest BCUT2D eigenvalue weighted by Crippen LogP contribution is 2.40. The van der Waals surface area contributed by atoms with Crippen LogP contribution in [0.25, 0.3) is 11.1 Å². The Morgan fingerprint density at radius 1 is 1.00 bits per heavy atom. The molecule has 0 heterocycles. The van der Waals surface area contributed by atoms with Crippen LogP contribution in [0.3, 0.4) is 0 Å². The van der Waals surface area contributed by atoms with E-state index in [4.69, 9.17) is 16.2 Å². The predicted molar refractivity (Wildman–Crippen MR) is 86.1 cm³/mol. The van der Waals surface area contributed by atoms with Gasteiger partial charge in [-0.2, -0.15) is 0 Å². The normalized spacial score (nSPS) is 10.6. The first-order valence-electron chi connectivity index (χ1n) is 6.84. The Balaban J connectivity index is 2.73. The van der Waals surface area contributed by atoms with Gasteiger partial charge in [-0.1, -0.05) is 11.6 Å². The number of nitrogen functional groups attached to an aromatic ring is 2. The maximum atomic E-state index is 6.15. The molecule has 0 saturated carbocycles. The third-order valence-electron chi connectivity index (χ3n) is 3.51. The molecule has 0 bridgehead atoms. The summed E-state index contributed by atoms with van der Waals surface area (Å²) in [5.41, 5.74) is 19.2. The van der Waals surface area contributed by atoms with Gasteiger partial charge in [0.05, 0.1) is 12.3 Å². The fraction of sp³-hybridized carbons (Fsp3) is 0.294. The van der Waals surface area contributed by atoms with Crippen molar-refractivity contribution >= 4 is 11.4 Å².